The molecule has 0 spiro atoms. The Morgan fingerprint density at radius 3 is 2.50 bits per heavy atom. The van der Waals surface area contributed by atoms with E-state index >= 15 is 0 Å². The molecule has 1 rings (SSSR count). The van der Waals surface area contributed by atoms with Gasteiger partial charge in [-0.1, -0.05) is 32.2 Å². The number of hydrogen-bond donors (Lipinski definition) is 0. The topological polar surface area (TPSA) is 12.9 Å². The quantitative estimate of drug-likeness (QED) is 0.644. The zero-order valence-corrected chi connectivity index (χ0v) is 9.17. The minimum Gasteiger partial charge on any atom is -0.304 e. The molecule has 0 aromatic carbocycles. The van der Waals surface area contributed by atoms with E-state index in [1.807, 2.05) is 6.07 Å². The summed E-state index contributed by atoms with van der Waals surface area (Å²) in [6.07, 6.45) is 3.50. The van der Waals surface area contributed by atoms with E-state index < -0.39 is 0 Å². The molecule has 1 nitrogen and oxygen atoms in total. The smallest absolute Gasteiger partial charge is 0 e. The van der Waals surface area contributed by atoms with Gasteiger partial charge in [-0.2, -0.15) is 6.07 Å². The Hall–Kier alpha value is 0.254. The van der Waals surface area contributed by atoms with Crippen LogP contribution in [-0.2, 0) is 32.7 Å². The summed E-state index contributed by atoms with van der Waals surface area (Å²) >= 11 is 0. The minimum atomic E-state index is 0. The molecule has 0 bridgehead atoms. The van der Waals surface area contributed by atoms with Crippen LogP contribution in [0.15, 0.2) is 18.5 Å². The molecule has 0 N–H and O–H groups in total. The largest absolute Gasteiger partial charge is 0.304 e. The van der Waals surface area contributed by atoms with Crippen LogP contribution in [0, 0.1) is 6.07 Å². The summed E-state index contributed by atoms with van der Waals surface area (Å²) in [5, 5.41) is 0. The van der Waals surface area contributed by atoms with E-state index in [0.717, 1.165) is 0 Å². The van der Waals surface area contributed by atoms with Crippen LogP contribution in [0.1, 0.15) is 25.3 Å². The van der Waals surface area contributed by atoms with Gasteiger partial charge in [0.25, 0.3) is 0 Å². The molecule has 51 valence electrons. The number of aromatic nitrogens is 1. The van der Waals surface area contributed by atoms with E-state index in [0.29, 0.717) is 5.92 Å². The molecule has 1 heterocycles. The number of hydrogen-bond acceptors (Lipinski definition) is 1. The average Bonchev–Trinajstić information content (AvgIpc) is 1.90. The van der Waals surface area contributed by atoms with Crippen molar-refractivity contribution in [3.63, 3.8) is 0 Å². The summed E-state index contributed by atoms with van der Waals surface area (Å²) in [6, 6.07) is 5.05. The van der Waals surface area contributed by atoms with Gasteiger partial charge in [0.1, 0.15) is 0 Å². The molecule has 0 saturated carbocycles. The van der Waals surface area contributed by atoms with Crippen molar-refractivity contribution in [2.75, 3.05) is 0 Å². The van der Waals surface area contributed by atoms with Crippen LogP contribution in [0.3, 0.4) is 0 Å². The molecule has 1 radical (unpaired) electrons. The van der Waals surface area contributed by atoms with Crippen molar-refractivity contribution in [1.82, 2.24) is 4.98 Å². The molecule has 2 heteroatoms. The van der Waals surface area contributed by atoms with Crippen LogP contribution < -0.4 is 0 Å². The van der Waals surface area contributed by atoms with Crippen LogP contribution in [0.4, 0.5) is 0 Å². The second-order valence-corrected chi connectivity index (χ2v) is 2.35. The molecule has 0 fully saturated rings. The third-order valence-corrected chi connectivity index (χ3v) is 1.27. The van der Waals surface area contributed by atoms with Gasteiger partial charge in [0, 0.05) is 32.7 Å². The van der Waals surface area contributed by atoms with Crippen molar-refractivity contribution in [2.24, 2.45) is 0 Å². The maximum absolute atomic E-state index is 3.87. The van der Waals surface area contributed by atoms with Crippen LogP contribution in [0.5, 0.6) is 0 Å². The molecule has 0 atom stereocenters. The maximum Gasteiger partial charge on any atom is 0 e. The Morgan fingerprint density at radius 2 is 2.20 bits per heavy atom. The van der Waals surface area contributed by atoms with E-state index in [9.17, 15) is 0 Å². The van der Waals surface area contributed by atoms with Gasteiger partial charge >= 0.3 is 0 Å². The third kappa shape index (κ3) is 2.89. The number of pyridine rings is 1. The predicted octanol–water partition coefficient (Wildman–Crippen LogP) is 2.00. The summed E-state index contributed by atoms with van der Waals surface area (Å²) in [7, 11) is 0. The van der Waals surface area contributed by atoms with E-state index in [-0.39, 0.29) is 32.7 Å². The molecular weight excluding hydrogens is 199 g/mol. The zero-order valence-electron chi connectivity index (χ0n) is 6.33. The summed E-state index contributed by atoms with van der Waals surface area (Å²) in [5.74, 6) is 0.563. The Morgan fingerprint density at radius 1 is 1.50 bits per heavy atom. The molecule has 0 amide bonds. The van der Waals surface area contributed by atoms with E-state index in [4.69, 9.17) is 0 Å². The van der Waals surface area contributed by atoms with Gasteiger partial charge in [-0.05, 0) is 0 Å². The average molecular weight is 209 g/mol. The molecule has 0 saturated heterocycles. The first-order valence-electron chi connectivity index (χ1n) is 3.12. The first-order chi connectivity index (χ1) is 4.30. The van der Waals surface area contributed by atoms with Gasteiger partial charge in [0.15, 0.2) is 0 Å². The molecule has 1 aromatic rings. The molecule has 1 aromatic heterocycles. The Balaban J connectivity index is 0.000000810. The van der Waals surface area contributed by atoms with E-state index in [1.54, 1.807) is 12.4 Å². The second kappa shape index (κ2) is 4.98. The Bertz CT molecular complexity index is 172. The van der Waals surface area contributed by atoms with Crippen LogP contribution >= 0.6 is 0 Å². The van der Waals surface area contributed by atoms with E-state index in [2.05, 4.69) is 24.9 Å². The van der Waals surface area contributed by atoms with Gasteiger partial charge in [-0.25, -0.2) is 11.6 Å². The normalized spacial score (nSPS) is 9.10. The van der Waals surface area contributed by atoms with Crippen molar-refractivity contribution in [3.8, 4) is 0 Å². The number of nitrogens with zero attached hydrogens (tertiary/aromatic N) is 1. The zero-order chi connectivity index (χ0) is 6.69. The van der Waals surface area contributed by atoms with Crippen molar-refractivity contribution in [1.29, 1.82) is 0 Å². The van der Waals surface area contributed by atoms with Crippen molar-refractivity contribution in [3.05, 3.63) is 30.1 Å². The van der Waals surface area contributed by atoms with Crippen LogP contribution in [-0.4, -0.2) is 4.98 Å². The van der Waals surface area contributed by atoms with Crippen molar-refractivity contribution >= 4 is 0 Å². The van der Waals surface area contributed by atoms with Gasteiger partial charge in [0.2, 0.25) is 0 Å². The molecule has 0 aliphatic carbocycles. The minimum absolute atomic E-state index is 0. The first-order valence-corrected chi connectivity index (χ1v) is 3.12. The summed E-state index contributed by atoms with van der Waals surface area (Å²) < 4.78 is 0. The standard InChI is InChI=1S/C8H10N.Y/c1-7(2)8-3-5-9-6-4-8;/h3,5-7H,1-2H3;/q-1;. The number of rotatable bonds is 1. The van der Waals surface area contributed by atoms with Crippen LogP contribution in [0.2, 0.25) is 0 Å². The molecule has 0 unspecified atom stereocenters. The van der Waals surface area contributed by atoms with Crippen molar-refractivity contribution in [2.45, 2.75) is 19.8 Å². The maximum atomic E-state index is 3.87. The first kappa shape index (κ1) is 10.3. The summed E-state index contributed by atoms with van der Waals surface area (Å²) in [6.45, 7) is 4.29. The van der Waals surface area contributed by atoms with Gasteiger partial charge in [0.05, 0.1) is 0 Å². The fourth-order valence-electron chi connectivity index (χ4n) is 0.685. The summed E-state index contributed by atoms with van der Waals surface area (Å²) in [5.41, 5.74) is 1.23. The van der Waals surface area contributed by atoms with Crippen LogP contribution in [0.25, 0.3) is 0 Å². The Kier molecular flexibility index (Phi) is 5.10. The summed E-state index contributed by atoms with van der Waals surface area (Å²) in [4.78, 5) is 3.87. The molecule has 0 aliphatic rings. The SMILES string of the molecule is CC(C)c1[c-]cncc1.[Y]. The predicted molar refractivity (Wildman–Crippen MR) is 37.2 cm³/mol. The van der Waals surface area contributed by atoms with Crippen molar-refractivity contribution < 1.29 is 32.7 Å². The fraction of sp³-hybridized carbons (Fsp3) is 0.375. The van der Waals surface area contributed by atoms with Gasteiger partial charge in [-0.15, -0.1) is 0 Å². The molecular formula is C8H10NY-. The second-order valence-electron chi connectivity index (χ2n) is 2.35. The Labute approximate surface area is 87.1 Å². The fourth-order valence-corrected chi connectivity index (χ4v) is 0.685. The third-order valence-electron chi connectivity index (χ3n) is 1.27. The molecule has 0 aliphatic heterocycles. The molecule has 10 heavy (non-hydrogen) atoms. The monoisotopic (exact) mass is 209 g/mol. The van der Waals surface area contributed by atoms with Gasteiger partial charge in [-0.3, -0.25) is 0 Å². The van der Waals surface area contributed by atoms with E-state index in [1.165, 1.54) is 5.56 Å². The van der Waals surface area contributed by atoms with Gasteiger partial charge < -0.3 is 4.98 Å².